The summed E-state index contributed by atoms with van der Waals surface area (Å²) in [5.74, 6) is 1.87. The van der Waals surface area contributed by atoms with E-state index in [4.69, 9.17) is 4.74 Å². The standard InChI is InChI=1S/C17H24N2O/c1-20-14-5-4-12-6-8-19-11-13-3-2-7-18-16(13)10-17(19)15(12)9-14/h4-5,9,13,16-18H,2-3,6-8,10-11H2,1H3. The van der Waals surface area contributed by atoms with E-state index in [9.17, 15) is 0 Å². The molecule has 3 aliphatic heterocycles. The van der Waals surface area contributed by atoms with Gasteiger partial charge in [-0.1, -0.05) is 6.07 Å². The van der Waals surface area contributed by atoms with Gasteiger partial charge in [0.15, 0.2) is 0 Å². The summed E-state index contributed by atoms with van der Waals surface area (Å²) in [6, 6.07) is 7.98. The predicted molar refractivity (Wildman–Crippen MR) is 80.1 cm³/mol. The van der Waals surface area contributed by atoms with E-state index >= 15 is 0 Å². The molecule has 1 aromatic rings. The number of ether oxygens (including phenoxy) is 1. The van der Waals surface area contributed by atoms with E-state index in [2.05, 4.69) is 28.4 Å². The first-order chi connectivity index (χ1) is 9.85. The van der Waals surface area contributed by atoms with Gasteiger partial charge in [0, 0.05) is 25.2 Å². The summed E-state index contributed by atoms with van der Waals surface area (Å²) < 4.78 is 5.43. The quantitative estimate of drug-likeness (QED) is 0.849. The molecule has 2 saturated heterocycles. The molecule has 3 heterocycles. The van der Waals surface area contributed by atoms with Gasteiger partial charge in [-0.3, -0.25) is 4.90 Å². The van der Waals surface area contributed by atoms with E-state index in [1.807, 2.05) is 0 Å². The van der Waals surface area contributed by atoms with Gasteiger partial charge in [-0.25, -0.2) is 0 Å². The van der Waals surface area contributed by atoms with E-state index < -0.39 is 0 Å². The highest BCUT2D eigenvalue weighted by molar-refractivity contribution is 5.40. The van der Waals surface area contributed by atoms with Gasteiger partial charge in [-0.15, -0.1) is 0 Å². The van der Waals surface area contributed by atoms with Crippen LogP contribution in [0.4, 0.5) is 0 Å². The second-order valence-corrected chi connectivity index (χ2v) is 6.52. The summed E-state index contributed by atoms with van der Waals surface area (Å²) in [5.41, 5.74) is 3.04. The Morgan fingerprint density at radius 1 is 1.35 bits per heavy atom. The molecule has 3 atom stereocenters. The minimum atomic E-state index is 0.598. The molecule has 0 aromatic heterocycles. The van der Waals surface area contributed by atoms with Crippen LogP contribution in [0, 0.1) is 5.92 Å². The zero-order valence-electron chi connectivity index (χ0n) is 12.3. The number of nitrogens with one attached hydrogen (secondary N) is 1. The summed E-state index contributed by atoms with van der Waals surface area (Å²) in [7, 11) is 1.77. The van der Waals surface area contributed by atoms with Crippen molar-refractivity contribution in [2.24, 2.45) is 5.92 Å². The molecule has 3 unspecified atom stereocenters. The average Bonchev–Trinajstić information content (AvgIpc) is 2.52. The first-order valence-corrected chi connectivity index (χ1v) is 7.99. The Labute approximate surface area is 121 Å². The number of fused-ring (bicyclic) bond motifs is 4. The monoisotopic (exact) mass is 272 g/mol. The summed E-state index contributed by atoms with van der Waals surface area (Å²) in [4.78, 5) is 2.72. The molecule has 0 aliphatic carbocycles. The highest BCUT2D eigenvalue weighted by atomic mass is 16.5. The van der Waals surface area contributed by atoms with E-state index in [0.29, 0.717) is 6.04 Å². The third-order valence-electron chi connectivity index (χ3n) is 5.49. The lowest BCUT2D eigenvalue weighted by Gasteiger charge is -2.49. The molecule has 0 amide bonds. The number of nitrogens with zero attached hydrogens (tertiary/aromatic N) is 1. The minimum Gasteiger partial charge on any atom is -0.497 e. The maximum Gasteiger partial charge on any atom is 0.119 e. The molecule has 20 heavy (non-hydrogen) atoms. The molecule has 1 N–H and O–H groups in total. The molecule has 4 rings (SSSR count). The Morgan fingerprint density at radius 2 is 2.30 bits per heavy atom. The van der Waals surface area contributed by atoms with Crippen LogP contribution in [0.2, 0.25) is 0 Å². The topological polar surface area (TPSA) is 24.5 Å². The van der Waals surface area contributed by atoms with Crippen LogP contribution in [0.15, 0.2) is 18.2 Å². The average molecular weight is 272 g/mol. The normalized spacial score (nSPS) is 33.0. The third kappa shape index (κ3) is 2.04. The molecule has 2 fully saturated rings. The maximum atomic E-state index is 5.43. The minimum absolute atomic E-state index is 0.598. The van der Waals surface area contributed by atoms with E-state index in [1.165, 1.54) is 56.4 Å². The highest BCUT2D eigenvalue weighted by Crippen LogP contribution is 2.41. The van der Waals surface area contributed by atoms with Gasteiger partial charge in [0.05, 0.1) is 7.11 Å². The molecule has 3 nitrogen and oxygen atoms in total. The van der Waals surface area contributed by atoms with Crippen LogP contribution in [0.25, 0.3) is 0 Å². The predicted octanol–water partition coefficient (Wildman–Crippen LogP) is 2.37. The van der Waals surface area contributed by atoms with Crippen molar-refractivity contribution in [1.29, 1.82) is 0 Å². The van der Waals surface area contributed by atoms with Crippen molar-refractivity contribution in [1.82, 2.24) is 10.2 Å². The molecule has 3 aliphatic rings. The smallest absolute Gasteiger partial charge is 0.119 e. The van der Waals surface area contributed by atoms with Crippen LogP contribution in [0.1, 0.15) is 36.4 Å². The van der Waals surface area contributed by atoms with Gasteiger partial charge in [-0.05, 0) is 61.4 Å². The van der Waals surface area contributed by atoms with Crippen LogP contribution in [-0.2, 0) is 6.42 Å². The van der Waals surface area contributed by atoms with Crippen molar-refractivity contribution in [3.05, 3.63) is 29.3 Å². The highest BCUT2D eigenvalue weighted by Gasteiger charge is 2.39. The number of methoxy groups -OCH3 is 1. The van der Waals surface area contributed by atoms with Crippen LogP contribution in [0.3, 0.4) is 0 Å². The van der Waals surface area contributed by atoms with Crippen LogP contribution >= 0.6 is 0 Å². The van der Waals surface area contributed by atoms with Crippen LogP contribution in [-0.4, -0.2) is 37.7 Å². The van der Waals surface area contributed by atoms with Crippen molar-refractivity contribution < 1.29 is 4.74 Å². The van der Waals surface area contributed by atoms with E-state index in [0.717, 1.165) is 17.7 Å². The largest absolute Gasteiger partial charge is 0.497 e. The van der Waals surface area contributed by atoms with Gasteiger partial charge < -0.3 is 10.1 Å². The lowest BCUT2D eigenvalue weighted by atomic mass is 9.77. The Hall–Kier alpha value is -1.06. The number of benzene rings is 1. The van der Waals surface area contributed by atoms with E-state index in [1.54, 1.807) is 7.11 Å². The Balaban J connectivity index is 1.65. The zero-order valence-corrected chi connectivity index (χ0v) is 12.3. The van der Waals surface area contributed by atoms with Gasteiger partial charge in [0.2, 0.25) is 0 Å². The number of piperidine rings is 2. The summed E-state index contributed by atoms with van der Waals surface area (Å²) >= 11 is 0. The Kier molecular flexibility index (Phi) is 3.20. The Morgan fingerprint density at radius 3 is 3.20 bits per heavy atom. The molecular weight excluding hydrogens is 248 g/mol. The zero-order chi connectivity index (χ0) is 13.5. The van der Waals surface area contributed by atoms with Gasteiger partial charge in [0.1, 0.15) is 5.75 Å². The molecule has 1 aromatic carbocycles. The third-order valence-corrected chi connectivity index (χ3v) is 5.49. The first kappa shape index (κ1) is 12.7. The van der Waals surface area contributed by atoms with Gasteiger partial charge >= 0.3 is 0 Å². The number of hydrogen-bond acceptors (Lipinski definition) is 3. The second-order valence-electron chi connectivity index (χ2n) is 6.52. The van der Waals surface area contributed by atoms with Gasteiger partial charge in [-0.2, -0.15) is 0 Å². The SMILES string of the molecule is COc1ccc2c(c1)C1CC3NCCCC3CN1CC2. The van der Waals surface area contributed by atoms with Crippen molar-refractivity contribution in [3.63, 3.8) is 0 Å². The fourth-order valence-corrected chi connectivity index (χ4v) is 4.40. The summed E-state index contributed by atoms with van der Waals surface area (Å²) in [6.45, 7) is 3.71. The summed E-state index contributed by atoms with van der Waals surface area (Å²) in [5, 5.41) is 3.76. The second kappa shape index (κ2) is 5.05. The van der Waals surface area contributed by atoms with Crippen LogP contribution in [0.5, 0.6) is 5.75 Å². The number of hydrogen-bond donors (Lipinski definition) is 1. The molecular formula is C17H24N2O. The van der Waals surface area contributed by atoms with E-state index in [-0.39, 0.29) is 0 Å². The Bertz CT molecular complexity index is 502. The molecule has 0 bridgehead atoms. The maximum absolute atomic E-state index is 5.43. The van der Waals surface area contributed by atoms with Crippen molar-refractivity contribution in [3.8, 4) is 5.75 Å². The summed E-state index contributed by atoms with van der Waals surface area (Å²) in [6.07, 6.45) is 5.22. The van der Waals surface area contributed by atoms with Crippen molar-refractivity contribution in [2.45, 2.75) is 37.8 Å². The molecule has 0 saturated carbocycles. The lowest BCUT2D eigenvalue weighted by Crippen LogP contribution is -2.54. The molecule has 0 radical (unpaired) electrons. The molecule has 3 heteroatoms. The molecule has 108 valence electrons. The van der Waals surface area contributed by atoms with Crippen molar-refractivity contribution in [2.75, 3.05) is 26.7 Å². The lowest BCUT2D eigenvalue weighted by molar-refractivity contribution is 0.0551. The fraction of sp³-hybridized carbons (Fsp3) is 0.647. The first-order valence-electron chi connectivity index (χ1n) is 7.99. The number of rotatable bonds is 1. The molecule has 0 spiro atoms. The fourth-order valence-electron chi connectivity index (χ4n) is 4.40. The van der Waals surface area contributed by atoms with Gasteiger partial charge in [0.25, 0.3) is 0 Å². The van der Waals surface area contributed by atoms with Crippen molar-refractivity contribution >= 4 is 0 Å². The van der Waals surface area contributed by atoms with Crippen LogP contribution < -0.4 is 10.1 Å².